The first-order chi connectivity index (χ1) is 13.6. The fourth-order valence-electron chi connectivity index (χ4n) is 2.97. The zero-order chi connectivity index (χ0) is 19.8. The highest BCUT2D eigenvalue weighted by molar-refractivity contribution is 6.06. The third-order valence-corrected chi connectivity index (χ3v) is 4.53. The Balaban J connectivity index is 1.83. The van der Waals surface area contributed by atoms with E-state index in [9.17, 15) is 4.79 Å². The van der Waals surface area contributed by atoms with Crippen LogP contribution in [-0.2, 0) is 6.54 Å². The van der Waals surface area contributed by atoms with E-state index in [-0.39, 0.29) is 5.91 Å². The molecule has 144 valence electrons. The normalized spacial score (nSPS) is 10.7. The standard InChI is InChI=1S/C24H27N3O/c1-19(2)13-14-26-22-15-21(16-25-17-22)24(28)27(23-11-7-4-8-12-23)18-20-9-5-3-6-10-20/h3-12,15-17,19,26H,13-14,18H2,1-2H3. The molecular weight excluding hydrogens is 346 g/mol. The molecule has 28 heavy (non-hydrogen) atoms. The molecule has 0 saturated carbocycles. The van der Waals surface area contributed by atoms with Gasteiger partial charge in [0.05, 0.1) is 17.8 Å². The van der Waals surface area contributed by atoms with E-state index in [0.717, 1.165) is 29.9 Å². The molecule has 0 unspecified atom stereocenters. The molecule has 0 saturated heterocycles. The van der Waals surface area contributed by atoms with Crippen molar-refractivity contribution in [1.29, 1.82) is 0 Å². The summed E-state index contributed by atoms with van der Waals surface area (Å²) in [7, 11) is 0. The first-order valence-electron chi connectivity index (χ1n) is 9.73. The molecule has 0 radical (unpaired) electrons. The van der Waals surface area contributed by atoms with Crippen LogP contribution in [0.15, 0.2) is 79.1 Å². The molecule has 1 N–H and O–H groups in total. The highest BCUT2D eigenvalue weighted by Gasteiger charge is 2.19. The number of para-hydroxylation sites is 1. The minimum absolute atomic E-state index is 0.0601. The fraction of sp³-hybridized carbons (Fsp3) is 0.250. The van der Waals surface area contributed by atoms with Crippen molar-refractivity contribution < 1.29 is 4.79 Å². The predicted octanol–water partition coefficient (Wildman–Crippen LogP) is 5.39. The van der Waals surface area contributed by atoms with Crippen LogP contribution >= 0.6 is 0 Å². The summed E-state index contributed by atoms with van der Waals surface area (Å²) in [6.45, 7) is 5.76. The Morgan fingerprint density at radius 3 is 2.36 bits per heavy atom. The van der Waals surface area contributed by atoms with Gasteiger partial charge < -0.3 is 10.2 Å². The summed E-state index contributed by atoms with van der Waals surface area (Å²) in [6, 6.07) is 21.7. The minimum Gasteiger partial charge on any atom is -0.384 e. The highest BCUT2D eigenvalue weighted by atomic mass is 16.2. The van der Waals surface area contributed by atoms with Crippen molar-refractivity contribution in [2.75, 3.05) is 16.8 Å². The van der Waals surface area contributed by atoms with E-state index in [2.05, 4.69) is 24.1 Å². The van der Waals surface area contributed by atoms with Crippen LogP contribution in [0.2, 0.25) is 0 Å². The van der Waals surface area contributed by atoms with Gasteiger partial charge in [-0.1, -0.05) is 62.4 Å². The van der Waals surface area contributed by atoms with E-state index in [0.29, 0.717) is 18.0 Å². The summed E-state index contributed by atoms with van der Waals surface area (Å²) in [4.78, 5) is 19.4. The van der Waals surface area contributed by atoms with Crippen LogP contribution in [0.5, 0.6) is 0 Å². The number of anilines is 2. The monoisotopic (exact) mass is 373 g/mol. The second kappa shape index (κ2) is 9.70. The van der Waals surface area contributed by atoms with Crippen LogP contribution in [0, 0.1) is 5.92 Å². The average Bonchev–Trinajstić information content (AvgIpc) is 2.73. The van der Waals surface area contributed by atoms with Gasteiger partial charge in [0, 0.05) is 24.6 Å². The number of carbonyl (C=O) groups is 1. The Kier molecular flexibility index (Phi) is 6.79. The molecule has 0 atom stereocenters. The zero-order valence-electron chi connectivity index (χ0n) is 16.5. The van der Waals surface area contributed by atoms with Crippen LogP contribution in [0.4, 0.5) is 11.4 Å². The molecule has 0 fully saturated rings. The van der Waals surface area contributed by atoms with E-state index < -0.39 is 0 Å². The highest BCUT2D eigenvalue weighted by Crippen LogP contribution is 2.21. The van der Waals surface area contributed by atoms with Crippen LogP contribution < -0.4 is 10.2 Å². The molecule has 0 bridgehead atoms. The Labute approximate surface area is 167 Å². The Bertz CT molecular complexity index is 879. The van der Waals surface area contributed by atoms with Gasteiger partial charge in [-0.2, -0.15) is 0 Å². The molecule has 3 aromatic rings. The number of benzene rings is 2. The summed E-state index contributed by atoms with van der Waals surface area (Å²) in [6.07, 6.45) is 4.47. The maximum atomic E-state index is 13.3. The number of hydrogen-bond donors (Lipinski definition) is 1. The quantitative estimate of drug-likeness (QED) is 0.576. The van der Waals surface area contributed by atoms with Gasteiger partial charge in [0.1, 0.15) is 0 Å². The second-order valence-electron chi connectivity index (χ2n) is 7.28. The lowest BCUT2D eigenvalue weighted by molar-refractivity contribution is 0.0985. The van der Waals surface area contributed by atoms with Gasteiger partial charge in [0.15, 0.2) is 0 Å². The van der Waals surface area contributed by atoms with Gasteiger partial charge in [-0.15, -0.1) is 0 Å². The molecule has 4 heteroatoms. The molecule has 1 amide bonds. The average molecular weight is 374 g/mol. The number of pyridine rings is 1. The maximum absolute atomic E-state index is 13.3. The van der Waals surface area contributed by atoms with E-state index in [1.165, 1.54) is 0 Å². The third kappa shape index (κ3) is 5.43. The Morgan fingerprint density at radius 2 is 1.68 bits per heavy atom. The first kappa shape index (κ1) is 19.6. The Hall–Kier alpha value is -3.14. The second-order valence-corrected chi connectivity index (χ2v) is 7.28. The fourth-order valence-corrected chi connectivity index (χ4v) is 2.97. The molecule has 0 aliphatic heterocycles. The van der Waals surface area contributed by atoms with Crippen LogP contribution in [0.25, 0.3) is 0 Å². The van der Waals surface area contributed by atoms with Crippen molar-refractivity contribution >= 4 is 17.3 Å². The molecule has 3 rings (SSSR count). The number of nitrogens with zero attached hydrogens (tertiary/aromatic N) is 2. The summed E-state index contributed by atoms with van der Waals surface area (Å²) >= 11 is 0. The number of hydrogen-bond acceptors (Lipinski definition) is 3. The summed E-state index contributed by atoms with van der Waals surface area (Å²) in [5.41, 5.74) is 3.40. The number of amides is 1. The zero-order valence-corrected chi connectivity index (χ0v) is 16.5. The summed E-state index contributed by atoms with van der Waals surface area (Å²) < 4.78 is 0. The van der Waals surface area contributed by atoms with Gasteiger partial charge in [-0.3, -0.25) is 9.78 Å². The smallest absolute Gasteiger partial charge is 0.260 e. The number of rotatable bonds is 8. The van der Waals surface area contributed by atoms with Gasteiger partial charge in [-0.25, -0.2) is 0 Å². The number of nitrogens with one attached hydrogen (secondary N) is 1. The van der Waals surface area contributed by atoms with E-state index in [4.69, 9.17) is 0 Å². The molecule has 4 nitrogen and oxygen atoms in total. The van der Waals surface area contributed by atoms with Crippen molar-refractivity contribution in [3.8, 4) is 0 Å². The number of aromatic nitrogens is 1. The molecular formula is C24H27N3O. The molecule has 0 aliphatic rings. The van der Waals surface area contributed by atoms with Crippen LogP contribution in [-0.4, -0.2) is 17.4 Å². The lowest BCUT2D eigenvalue weighted by atomic mass is 10.1. The first-order valence-corrected chi connectivity index (χ1v) is 9.73. The van der Waals surface area contributed by atoms with Crippen molar-refractivity contribution in [3.05, 3.63) is 90.3 Å². The topological polar surface area (TPSA) is 45.2 Å². The summed E-state index contributed by atoms with van der Waals surface area (Å²) in [5.74, 6) is 0.569. The molecule has 2 aromatic carbocycles. The van der Waals surface area contributed by atoms with Gasteiger partial charge >= 0.3 is 0 Å². The van der Waals surface area contributed by atoms with Gasteiger partial charge in [0.2, 0.25) is 0 Å². The molecule has 1 aromatic heterocycles. The van der Waals surface area contributed by atoms with Crippen molar-refractivity contribution in [2.24, 2.45) is 5.92 Å². The molecule has 0 spiro atoms. The molecule has 0 aliphatic carbocycles. The van der Waals surface area contributed by atoms with Crippen molar-refractivity contribution in [2.45, 2.75) is 26.8 Å². The SMILES string of the molecule is CC(C)CCNc1cncc(C(=O)N(Cc2ccccc2)c2ccccc2)c1. The van der Waals surface area contributed by atoms with Gasteiger partial charge in [-0.05, 0) is 36.1 Å². The summed E-state index contributed by atoms with van der Waals surface area (Å²) in [5, 5.41) is 3.37. The van der Waals surface area contributed by atoms with E-state index in [1.54, 1.807) is 17.3 Å². The van der Waals surface area contributed by atoms with Crippen molar-refractivity contribution in [1.82, 2.24) is 4.98 Å². The lowest BCUT2D eigenvalue weighted by Gasteiger charge is -2.23. The third-order valence-electron chi connectivity index (χ3n) is 4.53. The largest absolute Gasteiger partial charge is 0.384 e. The van der Waals surface area contributed by atoms with Gasteiger partial charge in [0.25, 0.3) is 5.91 Å². The predicted molar refractivity (Wildman–Crippen MR) is 116 cm³/mol. The Morgan fingerprint density at radius 1 is 1.00 bits per heavy atom. The minimum atomic E-state index is -0.0601. The van der Waals surface area contributed by atoms with E-state index >= 15 is 0 Å². The maximum Gasteiger partial charge on any atom is 0.260 e. The number of carbonyl (C=O) groups excluding carboxylic acids is 1. The van der Waals surface area contributed by atoms with Crippen LogP contribution in [0.3, 0.4) is 0 Å². The lowest BCUT2D eigenvalue weighted by Crippen LogP contribution is -2.30. The van der Waals surface area contributed by atoms with E-state index in [1.807, 2.05) is 66.7 Å². The van der Waals surface area contributed by atoms with Crippen molar-refractivity contribution in [3.63, 3.8) is 0 Å². The molecule has 1 heterocycles. The van der Waals surface area contributed by atoms with Crippen LogP contribution in [0.1, 0.15) is 36.2 Å².